The SMILES string of the molecule is NC(=O)c1nc(CNC(=O)[C@H](O)C2CCCCC2)no1. The summed E-state index contributed by atoms with van der Waals surface area (Å²) in [5, 5.41) is 16.0. The highest BCUT2D eigenvalue weighted by molar-refractivity contribution is 5.87. The Labute approximate surface area is 115 Å². The summed E-state index contributed by atoms with van der Waals surface area (Å²) in [4.78, 5) is 26.3. The van der Waals surface area contributed by atoms with Crippen molar-refractivity contribution < 1.29 is 19.2 Å². The molecule has 1 saturated carbocycles. The lowest BCUT2D eigenvalue weighted by atomic mass is 9.85. The zero-order chi connectivity index (χ0) is 14.5. The molecule has 1 aromatic rings. The van der Waals surface area contributed by atoms with Crippen LogP contribution in [0.15, 0.2) is 4.52 Å². The molecule has 0 aromatic carbocycles. The minimum atomic E-state index is -1.02. The van der Waals surface area contributed by atoms with Gasteiger partial charge in [0.1, 0.15) is 6.10 Å². The number of hydrogen-bond acceptors (Lipinski definition) is 6. The number of amides is 2. The van der Waals surface area contributed by atoms with E-state index in [1.54, 1.807) is 0 Å². The van der Waals surface area contributed by atoms with E-state index in [9.17, 15) is 14.7 Å². The summed E-state index contributed by atoms with van der Waals surface area (Å²) in [5.41, 5.74) is 4.97. The maximum atomic E-state index is 11.8. The van der Waals surface area contributed by atoms with E-state index in [0.717, 1.165) is 32.1 Å². The van der Waals surface area contributed by atoms with Gasteiger partial charge < -0.3 is 20.7 Å². The molecule has 0 radical (unpaired) electrons. The van der Waals surface area contributed by atoms with Crippen LogP contribution in [0.25, 0.3) is 0 Å². The third-order valence-electron chi connectivity index (χ3n) is 3.46. The molecule has 4 N–H and O–H groups in total. The summed E-state index contributed by atoms with van der Waals surface area (Å²) >= 11 is 0. The number of hydrogen-bond donors (Lipinski definition) is 3. The summed E-state index contributed by atoms with van der Waals surface area (Å²) in [6.07, 6.45) is 3.95. The van der Waals surface area contributed by atoms with Gasteiger partial charge in [0.05, 0.1) is 6.54 Å². The third kappa shape index (κ3) is 3.53. The van der Waals surface area contributed by atoms with Gasteiger partial charge >= 0.3 is 11.8 Å². The largest absolute Gasteiger partial charge is 0.383 e. The minimum Gasteiger partial charge on any atom is -0.383 e. The normalized spacial score (nSPS) is 17.6. The number of aromatic nitrogens is 2. The van der Waals surface area contributed by atoms with E-state index >= 15 is 0 Å². The fraction of sp³-hybridized carbons (Fsp3) is 0.667. The molecule has 2 rings (SSSR count). The van der Waals surface area contributed by atoms with E-state index in [1.807, 2.05) is 0 Å². The zero-order valence-electron chi connectivity index (χ0n) is 11.0. The summed E-state index contributed by atoms with van der Waals surface area (Å²) in [6.45, 7) is -0.0145. The smallest absolute Gasteiger partial charge is 0.315 e. The second-order valence-corrected chi connectivity index (χ2v) is 4.94. The van der Waals surface area contributed by atoms with E-state index in [1.165, 1.54) is 0 Å². The third-order valence-corrected chi connectivity index (χ3v) is 3.46. The number of primary amides is 1. The average Bonchev–Trinajstić information content (AvgIpc) is 2.94. The first-order valence-electron chi connectivity index (χ1n) is 6.66. The molecular formula is C12H18N4O4. The van der Waals surface area contributed by atoms with Gasteiger partial charge in [-0.05, 0) is 18.8 Å². The van der Waals surface area contributed by atoms with Crippen molar-refractivity contribution in [3.63, 3.8) is 0 Å². The molecule has 2 amide bonds. The highest BCUT2D eigenvalue weighted by atomic mass is 16.5. The highest BCUT2D eigenvalue weighted by Gasteiger charge is 2.27. The molecule has 0 spiro atoms. The number of nitrogens with two attached hydrogens (primary N) is 1. The molecule has 0 saturated heterocycles. The quantitative estimate of drug-likeness (QED) is 0.681. The van der Waals surface area contributed by atoms with Gasteiger partial charge in [-0.15, -0.1) is 0 Å². The Kier molecular flexibility index (Phi) is 4.67. The second-order valence-electron chi connectivity index (χ2n) is 4.94. The van der Waals surface area contributed by atoms with Crippen molar-refractivity contribution in [2.45, 2.75) is 44.8 Å². The molecule has 8 nitrogen and oxygen atoms in total. The van der Waals surface area contributed by atoms with Crippen molar-refractivity contribution in [2.75, 3.05) is 0 Å². The first-order valence-corrected chi connectivity index (χ1v) is 6.66. The van der Waals surface area contributed by atoms with Crippen LogP contribution in [-0.4, -0.2) is 33.2 Å². The van der Waals surface area contributed by atoms with Gasteiger partial charge in [0.15, 0.2) is 5.82 Å². The van der Waals surface area contributed by atoms with Gasteiger partial charge in [0.25, 0.3) is 0 Å². The van der Waals surface area contributed by atoms with Gasteiger partial charge in [0, 0.05) is 0 Å². The molecule has 1 fully saturated rings. The van der Waals surface area contributed by atoms with Crippen molar-refractivity contribution in [3.8, 4) is 0 Å². The minimum absolute atomic E-state index is 0.00944. The standard InChI is InChI=1S/C12H18N4O4/c13-10(18)12-15-8(16-20-12)6-14-11(19)9(17)7-4-2-1-3-5-7/h7,9,17H,1-6H2,(H2,13,18)(H,14,19)/t9-/m1/s1. The van der Waals surface area contributed by atoms with E-state index in [0.29, 0.717) is 0 Å². The fourth-order valence-corrected chi connectivity index (χ4v) is 2.36. The van der Waals surface area contributed by atoms with Crippen LogP contribution in [-0.2, 0) is 11.3 Å². The lowest BCUT2D eigenvalue weighted by molar-refractivity contribution is -0.132. The molecule has 1 atom stereocenters. The number of nitrogens with zero attached hydrogens (tertiary/aromatic N) is 2. The van der Waals surface area contributed by atoms with E-state index in [-0.39, 0.29) is 24.2 Å². The summed E-state index contributed by atoms with van der Waals surface area (Å²) in [6, 6.07) is 0. The maximum Gasteiger partial charge on any atom is 0.315 e. The first kappa shape index (κ1) is 14.4. The van der Waals surface area contributed by atoms with Crippen molar-refractivity contribution in [1.29, 1.82) is 0 Å². The number of aliphatic hydroxyl groups is 1. The van der Waals surface area contributed by atoms with Crippen LogP contribution < -0.4 is 11.1 Å². The van der Waals surface area contributed by atoms with Gasteiger partial charge in [-0.2, -0.15) is 4.98 Å². The Morgan fingerprint density at radius 1 is 1.40 bits per heavy atom. The van der Waals surface area contributed by atoms with Crippen LogP contribution in [0.3, 0.4) is 0 Å². The molecule has 1 aromatic heterocycles. The summed E-state index contributed by atoms with van der Waals surface area (Å²) < 4.78 is 4.59. The molecule has 0 aliphatic heterocycles. The molecule has 110 valence electrons. The van der Waals surface area contributed by atoms with Gasteiger partial charge in [-0.25, -0.2) is 0 Å². The van der Waals surface area contributed by atoms with Crippen LogP contribution in [0.1, 0.15) is 48.6 Å². The summed E-state index contributed by atoms with van der Waals surface area (Å²) in [7, 11) is 0. The predicted molar refractivity (Wildman–Crippen MR) is 67.2 cm³/mol. The maximum absolute atomic E-state index is 11.8. The number of carbonyl (C=O) groups excluding carboxylic acids is 2. The van der Waals surface area contributed by atoms with Gasteiger partial charge in [0.2, 0.25) is 5.91 Å². The summed E-state index contributed by atoms with van der Waals surface area (Å²) in [5.74, 6) is -1.43. The van der Waals surface area contributed by atoms with E-state index in [2.05, 4.69) is 20.0 Å². The van der Waals surface area contributed by atoms with Crippen molar-refractivity contribution in [1.82, 2.24) is 15.5 Å². The number of carbonyl (C=O) groups is 2. The lowest BCUT2D eigenvalue weighted by Gasteiger charge is -2.25. The molecule has 1 heterocycles. The van der Waals surface area contributed by atoms with Gasteiger partial charge in [-0.3, -0.25) is 9.59 Å². The molecule has 1 aliphatic rings. The van der Waals surface area contributed by atoms with Crippen LogP contribution in [0.2, 0.25) is 0 Å². The van der Waals surface area contributed by atoms with Gasteiger partial charge in [-0.1, -0.05) is 24.4 Å². The molecule has 1 aliphatic carbocycles. The first-order chi connectivity index (χ1) is 9.58. The van der Waals surface area contributed by atoms with E-state index < -0.39 is 17.9 Å². The van der Waals surface area contributed by atoms with Crippen LogP contribution in [0.5, 0.6) is 0 Å². The molecule has 0 unspecified atom stereocenters. The average molecular weight is 282 g/mol. The Morgan fingerprint density at radius 2 is 2.10 bits per heavy atom. The number of nitrogens with one attached hydrogen (secondary N) is 1. The van der Waals surface area contributed by atoms with Crippen molar-refractivity contribution in [2.24, 2.45) is 11.7 Å². The van der Waals surface area contributed by atoms with E-state index in [4.69, 9.17) is 5.73 Å². The monoisotopic (exact) mass is 282 g/mol. The highest BCUT2D eigenvalue weighted by Crippen LogP contribution is 2.26. The predicted octanol–water partition coefficient (Wildman–Crippen LogP) is -0.274. The van der Waals surface area contributed by atoms with Crippen LogP contribution >= 0.6 is 0 Å². The molecular weight excluding hydrogens is 264 g/mol. The van der Waals surface area contributed by atoms with Crippen LogP contribution in [0.4, 0.5) is 0 Å². The Bertz CT molecular complexity index is 482. The molecule has 0 bridgehead atoms. The Morgan fingerprint density at radius 3 is 2.70 bits per heavy atom. The van der Waals surface area contributed by atoms with Crippen molar-refractivity contribution in [3.05, 3.63) is 11.7 Å². The Hall–Kier alpha value is -1.96. The second kappa shape index (κ2) is 6.47. The number of aliphatic hydroxyl groups excluding tert-OH is 1. The zero-order valence-corrected chi connectivity index (χ0v) is 11.0. The molecule has 8 heteroatoms. The van der Waals surface area contributed by atoms with Crippen molar-refractivity contribution >= 4 is 11.8 Å². The molecule has 20 heavy (non-hydrogen) atoms. The lowest BCUT2D eigenvalue weighted by Crippen LogP contribution is -2.39. The van der Waals surface area contributed by atoms with Crippen LogP contribution in [0, 0.1) is 5.92 Å². The Balaban J connectivity index is 1.82. The number of rotatable bonds is 5. The fourth-order valence-electron chi connectivity index (χ4n) is 2.36. The topological polar surface area (TPSA) is 131 Å².